The number of nitrogens with one attached hydrogen (secondary N) is 3. The maximum absolute atomic E-state index is 12.1. The molecule has 4 N–H and O–H groups in total. The Morgan fingerprint density at radius 1 is 1.13 bits per heavy atom. The lowest BCUT2D eigenvalue weighted by atomic mass is 9.96. The van der Waals surface area contributed by atoms with Crippen molar-refractivity contribution in [1.82, 2.24) is 15.6 Å². The van der Waals surface area contributed by atoms with Gasteiger partial charge in [-0.15, -0.1) is 0 Å². The molecule has 2 amide bonds. The van der Waals surface area contributed by atoms with Gasteiger partial charge in [-0.2, -0.15) is 0 Å². The van der Waals surface area contributed by atoms with Crippen molar-refractivity contribution in [1.29, 1.82) is 0 Å². The minimum absolute atomic E-state index is 0.164. The Bertz CT molecular complexity index is 749. The van der Waals surface area contributed by atoms with Crippen LogP contribution in [0.1, 0.15) is 37.8 Å². The van der Waals surface area contributed by atoms with Gasteiger partial charge in [0.05, 0.1) is 0 Å². The summed E-state index contributed by atoms with van der Waals surface area (Å²) in [6.45, 7) is 1.40. The number of urea groups is 1. The van der Waals surface area contributed by atoms with Gasteiger partial charge in [-0.05, 0) is 49.2 Å². The van der Waals surface area contributed by atoms with Gasteiger partial charge in [0.25, 0.3) is 0 Å². The van der Waals surface area contributed by atoms with Gasteiger partial charge >= 0.3 is 6.03 Å². The fourth-order valence-electron chi connectivity index (χ4n) is 3.52. The van der Waals surface area contributed by atoms with E-state index in [-0.39, 0.29) is 18.7 Å². The number of rotatable bonds is 10. The quantitative estimate of drug-likeness (QED) is 0.450. The van der Waals surface area contributed by atoms with Gasteiger partial charge in [-0.25, -0.2) is 4.79 Å². The van der Waals surface area contributed by atoms with Crippen molar-refractivity contribution in [3.8, 4) is 5.75 Å². The average molecular weight is 413 g/mol. The monoisotopic (exact) mass is 412 g/mol. The summed E-state index contributed by atoms with van der Waals surface area (Å²) in [7, 11) is 0. The second-order valence-electron chi connectivity index (χ2n) is 7.70. The predicted octanol–water partition coefficient (Wildman–Crippen LogP) is 3.11. The SMILES string of the molecule is O=C(Nc1ccc(OCC(O)CNCCc2ccccn2)cc1)NC1CCCCC1. The van der Waals surface area contributed by atoms with E-state index in [9.17, 15) is 9.90 Å². The third kappa shape index (κ3) is 8.00. The van der Waals surface area contributed by atoms with Crippen LogP contribution in [0.2, 0.25) is 0 Å². The molecule has 3 rings (SSSR count). The highest BCUT2D eigenvalue weighted by molar-refractivity contribution is 5.89. The lowest BCUT2D eigenvalue weighted by Crippen LogP contribution is -2.38. The van der Waals surface area contributed by atoms with Crippen molar-refractivity contribution < 1.29 is 14.6 Å². The Hall–Kier alpha value is -2.64. The van der Waals surface area contributed by atoms with Crippen molar-refractivity contribution in [3.05, 3.63) is 54.4 Å². The van der Waals surface area contributed by atoms with Gasteiger partial charge in [0.1, 0.15) is 18.5 Å². The van der Waals surface area contributed by atoms with E-state index in [1.54, 1.807) is 30.5 Å². The predicted molar refractivity (Wildman–Crippen MR) is 118 cm³/mol. The molecule has 7 heteroatoms. The topological polar surface area (TPSA) is 95.5 Å². The largest absolute Gasteiger partial charge is 0.491 e. The number of carbonyl (C=O) groups excluding carboxylic acids is 1. The van der Waals surface area contributed by atoms with E-state index in [2.05, 4.69) is 20.9 Å². The molecule has 30 heavy (non-hydrogen) atoms. The zero-order valence-corrected chi connectivity index (χ0v) is 17.3. The third-order valence-corrected chi connectivity index (χ3v) is 5.16. The fraction of sp³-hybridized carbons (Fsp3) is 0.478. The molecule has 2 aromatic rings. The number of aromatic nitrogens is 1. The summed E-state index contributed by atoms with van der Waals surface area (Å²) < 4.78 is 5.63. The zero-order valence-electron chi connectivity index (χ0n) is 17.3. The van der Waals surface area contributed by atoms with E-state index >= 15 is 0 Å². The van der Waals surface area contributed by atoms with Crippen LogP contribution in [0.25, 0.3) is 0 Å². The van der Waals surface area contributed by atoms with Crippen LogP contribution in [0, 0.1) is 0 Å². The molecule has 1 saturated carbocycles. The lowest BCUT2D eigenvalue weighted by molar-refractivity contribution is 0.106. The van der Waals surface area contributed by atoms with Crippen molar-refractivity contribution in [2.45, 2.75) is 50.7 Å². The van der Waals surface area contributed by atoms with Crippen molar-refractivity contribution in [3.63, 3.8) is 0 Å². The molecule has 1 aromatic heterocycles. The standard InChI is InChI=1S/C23H32N4O3/c28-21(16-24-15-13-18-6-4-5-14-25-18)17-30-22-11-9-20(10-12-22)27-23(29)26-19-7-2-1-3-8-19/h4-6,9-12,14,19,21,24,28H,1-3,7-8,13,15-17H2,(H2,26,27,29). The highest BCUT2D eigenvalue weighted by Crippen LogP contribution is 2.18. The number of amides is 2. The van der Waals surface area contributed by atoms with Gasteiger partial charge in [-0.1, -0.05) is 25.3 Å². The molecule has 1 unspecified atom stereocenters. The Labute approximate surface area is 178 Å². The first-order valence-electron chi connectivity index (χ1n) is 10.8. The smallest absolute Gasteiger partial charge is 0.319 e. The molecule has 1 atom stereocenters. The Kier molecular flexibility index (Phi) is 8.93. The average Bonchev–Trinajstić information content (AvgIpc) is 2.77. The second kappa shape index (κ2) is 12.1. The molecular weight excluding hydrogens is 380 g/mol. The summed E-state index contributed by atoms with van der Waals surface area (Å²) in [6.07, 6.45) is 7.73. The summed E-state index contributed by atoms with van der Waals surface area (Å²) in [4.78, 5) is 16.4. The van der Waals surface area contributed by atoms with Gasteiger partial charge in [0.15, 0.2) is 0 Å². The molecule has 162 valence electrons. The van der Waals surface area contributed by atoms with Crippen LogP contribution in [0.15, 0.2) is 48.7 Å². The van der Waals surface area contributed by atoms with E-state index in [0.29, 0.717) is 18.0 Å². The molecular formula is C23H32N4O3. The normalized spacial score (nSPS) is 15.4. The van der Waals surface area contributed by atoms with Crippen LogP contribution in [0.5, 0.6) is 5.75 Å². The zero-order chi connectivity index (χ0) is 21.0. The Morgan fingerprint density at radius 2 is 1.93 bits per heavy atom. The van der Waals surface area contributed by atoms with Crippen LogP contribution >= 0.6 is 0 Å². The van der Waals surface area contributed by atoms with Gasteiger partial charge < -0.3 is 25.8 Å². The van der Waals surface area contributed by atoms with Crippen molar-refractivity contribution >= 4 is 11.7 Å². The first kappa shape index (κ1) is 22.1. The molecule has 0 aliphatic heterocycles. The summed E-state index contributed by atoms with van der Waals surface area (Å²) in [5.41, 5.74) is 1.74. The maximum atomic E-state index is 12.1. The summed E-state index contributed by atoms with van der Waals surface area (Å²) in [5.74, 6) is 0.653. The van der Waals surface area contributed by atoms with E-state index in [1.807, 2.05) is 18.2 Å². The molecule has 1 aliphatic rings. The molecule has 0 saturated heterocycles. The number of hydrogen-bond acceptors (Lipinski definition) is 5. The van der Waals surface area contributed by atoms with E-state index in [1.165, 1.54) is 19.3 Å². The minimum atomic E-state index is -0.604. The molecule has 0 radical (unpaired) electrons. The minimum Gasteiger partial charge on any atom is -0.491 e. The number of benzene rings is 1. The Balaban J connectivity index is 1.30. The summed E-state index contributed by atoms with van der Waals surface area (Å²) in [6, 6.07) is 13.1. The summed E-state index contributed by atoms with van der Waals surface area (Å²) >= 11 is 0. The second-order valence-corrected chi connectivity index (χ2v) is 7.70. The molecule has 0 bridgehead atoms. The Morgan fingerprint density at radius 3 is 2.67 bits per heavy atom. The van der Waals surface area contributed by atoms with Gasteiger partial charge in [0, 0.05) is 43.1 Å². The molecule has 0 spiro atoms. The van der Waals surface area contributed by atoms with E-state index in [4.69, 9.17) is 4.74 Å². The highest BCUT2D eigenvalue weighted by Gasteiger charge is 2.15. The van der Waals surface area contributed by atoms with Crippen LogP contribution in [-0.4, -0.2) is 48.0 Å². The number of anilines is 1. The maximum Gasteiger partial charge on any atom is 0.319 e. The fourth-order valence-corrected chi connectivity index (χ4v) is 3.52. The first-order chi connectivity index (χ1) is 14.7. The summed E-state index contributed by atoms with van der Waals surface area (Å²) in [5, 5.41) is 19.2. The number of ether oxygens (including phenoxy) is 1. The number of aliphatic hydroxyl groups is 1. The van der Waals surface area contributed by atoms with Crippen LogP contribution < -0.4 is 20.7 Å². The van der Waals surface area contributed by atoms with Gasteiger partial charge in [0.2, 0.25) is 0 Å². The number of carbonyl (C=O) groups is 1. The van der Waals surface area contributed by atoms with E-state index < -0.39 is 6.10 Å². The van der Waals surface area contributed by atoms with E-state index in [0.717, 1.165) is 31.5 Å². The van der Waals surface area contributed by atoms with Gasteiger partial charge in [-0.3, -0.25) is 4.98 Å². The number of pyridine rings is 1. The molecule has 1 fully saturated rings. The van der Waals surface area contributed by atoms with Crippen molar-refractivity contribution in [2.75, 3.05) is 25.0 Å². The number of hydrogen-bond donors (Lipinski definition) is 4. The molecule has 1 aliphatic carbocycles. The van der Waals surface area contributed by atoms with Crippen LogP contribution in [0.4, 0.5) is 10.5 Å². The third-order valence-electron chi connectivity index (χ3n) is 5.16. The van der Waals surface area contributed by atoms with Crippen LogP contribution in [-0.2, 0) is 6.42 Å². The highest BCUT2D eigenvalue weighted by atomic mass is 16.5. The lowest BCUT2D eigenvalue weighted by Gasteiger charge is -2.22. The first-order valence-corrected chi connectivity index (χ1v) is 10.8. The molecule has 1 aromatic carbocycles. The van der Waals surface area contributed by atoms with Crippen molar-refractivity contribution in [2.24, 2.45) is 0 Å². The molecule has 7 nitrogen and oxygen atoms in total. The van der Waals surface area contributed by atoms with Crippen LogP contribution in [0.3, 0.4) is 0 Å². The number of aliphatic hydroxyl groups excluding tert-OH is 1. The number of nitrogens with zero attached hydrogens (tertiary/aromatic N) is 1. The molecule has 1 heterocycles.